The van der Waals surface area contributed by atoms with Gasteiger partial charge in [-0.15, -0.1) is 0 Å². The Labute approximate surface area is 127 Å². The molecule has 1 atom stereocenters. The fourth-order valence-electron chi connectivity index (χ4n) is 2.38. The average Bonchev–Trinajstić information content (AvgIpc) is 2.53. The topological polar surface area (TPSA) is 32.3 Å². The van der Waals surface area contributed by atoms with E-state index < -0.39 is 5.54 Å². The number of aliphatic hydroxyl groups excluding tert-OH is 1. The summed E-state index contributed by atoms with van der Waals surface area (Å²) < 4.78 is 0. The van der Waals surface area contributed by atoms with Crippen LogP contribution < -0.4 is 5.32 Å². The second-order valence-electron chi connectivity index (χ2n) is 6.11. The number of rotatable bonds is 6. The van der Waals surface area contributed by atoms with Gasteiger partial charge in [0.25, 0.3) is 0 Å². The zero-order valence-corrected chi connectivity index (χ0v) is 13.1. The SMILES string of the molecule is CC(C)c1ccc(C(C)(CO)NCc2ccccc2)cc1. The van der Waals surface area contributed by atoms with Crippen molar-refractivity contribution in [1.29, 1.82) is 0 Å². The summed E-state index contributed by atoms with van der Waals surface area (Å²) in [5.41, 5.74) is 3.23. The van der Waals surface area contributed by atoms with Gasteiger partial charge in [-0.2, -0.15) is 0 Å². The second-order valence-corrected chi connectivity index (χ2v) is 6.11. The molecule has 2 N–H and O–H groups in total. The standard InChI is InChI=1S/C19H25NO/c1-15(2)17-9-11-18(12-10-17)19(3,14-21)20-13-16-7-5-4-6-8-16/h4-12,15,20-21H,13-14H2,1-3H3. The molecule has 2 heteroatoms. The summed E-state index contributed by atoms with van der Waals surface area (Å²) in [7, 11) is 0. The fourth-order valence-corrected chi connectivity index (χ4v) is 2.38. The number of hydrogen-bond donors (Lipinski definition) is 2. The van der Waals surface area contributed by atoms with Crippen molar-refractivity contribution in [3.05, 3.63) is 71.3 Å². The minimum absolute atomic E-state index is 0.0703. The van der Waals surface area contributed by atoms with Crippen molar-refractivity contribution in [2.24, 2.45) is 0 Å². The predicted molar refractivity (Wildman–Crippen MR) is 88.3 cm³/mol. The monoisotopic (exact) mass is 283 g/mol. The molecule has 0 radical (unpaired) electrons. The highest BCUT2D eigenvalue weighted by molar-refractivity contribution is 5.30. The van der Waals surface area contributed by atoms with E-state index in [1.165, 1.54) is 11.1 Å². The van der Waals surface area contributed by atoms with Crippen LogP contribution in [0, 0.1) is 0 Å². The number of aliphatic hydroxyl groups is 1. The van der Waals surface area contributed by atoms with Gasteiger partial charge in [-0.3, -0.25) is 0 Å². The number of hydrogen-bond acceptors (Lipinski definition) is 2. The maximum atomic E-state index is 9.83. The van der Waals surface area contributed by atoms with Crippen molar-refractivity contribution in [3.63, 3.8) is 0 Å². The molecule has 0 aliphatic heterocycles. The lowest BCUT2D eigenvalue weighted by Crippen LogP contribution is -2.42. The van der Waals surface area contributed by atoms with Gasteiger partial charge < -0.3 is 10.4 Å². The van der Waals surface area contributed by atoms with Crippen LogP contribution in [0.25, 0.3) is 0 Å². The molecule has 0 saturated heterocycles. The molecule has 0 fully saturated rings. The molecule has 0 aliphatic rings. The molecule has 2 aromatic rings. The first-order valence-corrected chi connectivity index (χ1v) is 7.55. The molecule has 2 aromatic carbocycles. The maximum absolute atomic E-state index is 9.83. The normalized spacial score (nSPS) is 14.1. The van der Waals surface area contributed by atoms with E-state index in [0.717, 1.165) is 12.1 Å². The fraction of sp³-hybridized carbons (Fsp3) is 0.368. The first-order chi connectivity index (χ1) is 10.0. The van der Waals surface area contributed by atoms with E-state index in [2.05, 4.69) is 55.6 Å². The van der Waals surface area contributed by atoms with Gasteiger partial charge in [-0.1, -0.05) is 68.4 Å². The summed E-state index contributed by atoms with van der Waals surface area (Å²) in [6, 6.07) is 18.8. The van der Waals surface area contributed by atoms with Gasteiger partial charge in [-0.25, -0.2) is 0 Å². The van der Waals surface area contributed by atoms with Crippen LogP contribution in [-0.2, 0) is 12.1 Å². The smallest absolute Gasteiger partial charge is 0.0652 e. The summed E-state index contributed by atoms with van der Waals surface area (Å²) in [5.74, 6) is 0.525. The van der Waals surface area contributed by atoms with Crippen LogP contribution in [0.15, 0.2) is 54.6 Å². The van der Waals surface area contributed by atoms with E-state index in [1.807, 2.05) is 25.1 Å². The Hall–Kier alpha value is -1.64. The minimum Gasteiger partial charge on any atom is -0.394 e. The van der Waals surface area contributed by atoms with Gasteiger partial charge in [-0.05, 0) is 29.5 Å². The van der Waals surface area contributed by atoms with Gasteiger partial charge in [0, 0.05) is 6.54 Å². The van der Waals surface area contributed by atoms with Crippen molar-refractivity contribution in [2.75, 3.05) is 6.61 Å². The molecule has 0 aliphatic carbocycles. The van der Waals surface area contributed by atoms with Gasteiger partial charge in [0.1, 0.15) is 0 Å². The molecule has 0 aromatic heterocycles. The Morgan fingerprint density at radius 1 is 1.00 bits per heavy atom. The number of benzene rings is 2. The largest absolute Gasteiger partial charge is 0.394 e. The summed E-state index contributed by atoms with van der Waals surface area (Å²) in [4.78, 5) is 0. The minimum atomic E-state index is -0.425. The molecular weight excluding hydrogens is 258 g/mol. The molecule has 0 saturated carbocycles. The predicted octanol–water partition coefficient (Wildman–Crippen LogP) is 3.81. The average molecular weight is 283 g/mol. The zero-order valence-electron chi connectivity index (χ0n) is 13.1. The highest BCUT2D eigenvalue weighted by Crippen LogP contribution is 2.23. The van der Waals surface area contributed by atoms with E-state index in [-0.39, 0.29) is 6.61 Å². The van der Waals surface area contributed by atoms with Gasteiger partial charge >= 0.3 is 0 Å². The van der Waals surface area contributed by atoms with Crippen LogP contribution in [0.4, 0.5) is 0 Å². The molecule has 0 spiro atoms. The summed E-state index contributed by atoms with van der Waals surface area (Å²) in [6.07, 6.45) is 0. The molecule has 0 amide bonds. The lowest BCUT2D eigenvalue weighted by molar-refractivity contribution is 0.173. The molecule has 2 rings (SSSR count). The first kappa shape index (κ1) is 15.7. The second kappa shape index (κ2) is 6.88. The Balaban J connectivity index is 2.12. The lowest BCUT2D eigenvalue weighted by atomic mass is 9.90. The molecule has 1 unspecified atom stereocenters. The van der Waals surface area contributed by atoms with Gasteiger partial charge in [0.05, 0.1) is 12.1 Å². The van der Waals surface area contributed by atoms with E-state index in [1.54, 1.807) is 0 Å². The van der Waals surface area contributed by atoms with Crippen LogP contribution in [0.5, 0.6) is 0 Å². The molecule has 112 valence electrons. The van der Waals surface area contributed by atoms with E-state index >= 15 is 0 Å². The van der Waals surface area contributed by atoms with E-state index in [0.29, 0.717) is 5.92 Å². The van der Waals surface area contributed by atoms with Gasteiger partial charge in [0.2, 0.25) is 0 Å². The van der Waals surface area contributed by atoms with Crippen molar-refractivity contribution in [1.82, 2.24) is 5.32 Å². The summed E-state index contributed by atoms with van der Waals surface area (Å²) >= 11 is 0. The molecular formula is C19H25NO. The van der Waals surface area contributed by atoms with Crippen molar-refractivity contribution in [2.45, 2.75) is 38.8 Å². The Bertz CT molecular complexity index is 548. The van der Waals surface area contributed by atoms with Crippen molar-refractivity contribution in [3.8, 4) is 0 Å². The third-order valence-corrected chi connectivity index (χ3v) is 4.06. The molecule has 21 heavy (non-hydrogen) atoms. The summed E-state index contributed by atoms with van der Waals surface area (Å²) in [5, 5.41) is 13.3. The van der Waals surface area contributed by atoms with Crippen LogP contribution >= 0.6 is 0 Å². The van der Waals surface area contributed by atoms with E-state index in [9.17, 15) is 5.11 Å². The third kappa shape index (κ3) is 3.93. The molecule has 0 heterocycles. The van der Waals surface area contributed by atoms with Crippen molar-refractivity contribution < 1.29 is 5.11 Å². The summed E-state index contributed by atoms with van der Waals surface area (Å²) in [6.45, 7) is 7.23. The van der Waals surface area contributed by atoms with Crippen LogP contribution in [0.3, 0.4) is 0 Å². The molecule has 0 bridgehead atoms. The Morgan fingerprint density at radius 2 is 1.62 bits per heavy atom. The Morgan fingerprint density at radius 3 is 2.14 bits per heavy atom. The van der Waals surface area contributed by atoms with Gasteiger partial charge in [0.15, 0.2) is 0 Å². The lowest BCUT2D eigenvalue weighted by Gasteiger charge is -2.30. The van der Waals surface area contributed by atoms with Crippen LogP contribution in [0.1, 0.15) is 43.4 Å². The first-order valence-electron chi connectivity index (χ1n) is 7.55. The quantitative estimate of drug-likeness (QED) is 0.845. The molecule has 2 nitrogen and oxygen atoms in total. The van der Waals surface area contributed by atoms with E-state index in [4.69, 9.17) is 0 Å². The highest BCUT2D eigenvalue weighted by Gasteiger charge is 2.25. The zero-order chi connectivity index (χ0) is 15.3. The Kier molecular flexibility index (Phi) is 5.16. The van der Waals surface area contributed by atoms with Crippen LogP contribution in [0.2, 0.25) is 0 Å². The maximum Gasteiger partial charge on any atom is 0.0652 e. The van der Waals surface area contributed by atoms with Crippen LogP contribution in [-0.4, -0.2) is 11.7 Å². The highest BCUT2D eigenvalue weighted by atomic mass is 16.3. The van der Waals surface area contributed by atoms with Crippen molar-refractivity contribution >= 4 is 0 Å². The number of nitrogens with one attached hydrogen (secondary N) is 1. The third-order valence-electron chi connectivity index (χ3n) is 4.06.